The monoisotopic (exact) mass is 239 g/mol. The minimum Gasteiger partial charge on any atom is -0.424 e. The number of hydrogen-bond acceptors (Lipinski definition) is 5. The van der Waals surface area contributed by atoms with Crippen molar-refractivity contribution < 1.29 is 9.52 Å². The number of β-amino-alcohol motifs (C(OH)–C–C–N with tert-alkyl or cyclic N) is 1. The summed E-state index contributed by atoms with van der Waals surface area (Å²) in [6, 6.07) is 0. The standard InChI is InChI=1S/C12H21N3O2/c1-8(2)11-14-13-10(17-11)6-15-5-9(3)12(4,16)7-15/h8-9,16H,5-7H2,1-4H3/t9-,12+/m1/s1. The van der Waals surface area contributed by atoms with E-state index in [9.17, 15) is 5.11 Å². The molecule has 5 heteroatoms. The van der Waals surface area contributed by atoms with E-state index >= 15 is 0 Å². The molecule has 0 radical (unpaired) electrons. The number of aliphatic hydroxyl groups is 1. The van der Waals surface area contributed by atoms with E-state index in [-0.39, 0.29) is 11.8 Å². The van der Waals surface area contributed by atoms with E-state index in [1.54, 1.807) is 0 Å². The van der Waals surface area contributed by atoms with Crippen LogP contribution in [0.1, 0.15) is 45.4 Å². The predicted octanol–water partition coefficient (Wildman–Crippen LogP) is 1.40. The molecule has 96 valence electrons. The number of aromatic nitrogens is 2. The Morgan fingerprint density at radius 1 is 1.53 bits per heavy atom. The first kappa shape index (κ1) is 12.5. The summed E-state index contributed by atoms with van der Waals surface area (Å²) in [7, 11) is 0. The fraction of sp³-hybridized carbons (Fsp3) is 0.833. The molecular weight excluding hydrogens is 218 g/mol. The molecule has 1 aliphatic heterocycles. The highest BCUT2D eigenvalue weighted by Crippen LogP contribution is 2.27. The van der Waals surface area contributed by atoms with E-state index in [1.165, 1.54) is 0 Å². The van der Waals surface area contributed by atoms with Gasteiger partial charge in [-0.05, 0) is 12.8 Å². The maximum atomic E-state index is 10.1. The second kappa shape index (κ2) is 4.38. The molecular formula is C12H21N3O2. The van der Waals surface area contributed by atoms with Crippen LogP contribution in [0, 0.1) is 5.92 Å². The van der Waals surface area contributed by atoms with Gasteiger partial charge in [-0.15, -0.1) is 10.2 Å². The zero-order chi connectivity index (χ0) is 12.6. The molecule has 0 amide bonds. The molecule has 1 N–H and O–H groups in total. The van der Waals surface area contributed by atoms with E-state index in [4.69, 9.17) is 4.42 Å². The Labute approximate surface area is 102 Å². The number of nitrogens with zero attached hydrogens (tertiary/aromatic N) is 3. The molecule has 0 aromatic carbocycles. The van der Waals surface area contributed by atoms with Crippen LogP contribution in [0.15, 0.2) is 4.42 Å². The molecule has 5 nitrogen and oxygen atoms in total. The molecule has 1 aromatic rings. The zero-order valence-corrected chi connectivity index (χ0v) is 11.0. The second-order valence-electron chi connectivity index (χ2n) is 5.62. The Bertz CT molecular complexity index is 387. The molecule has 2 atom stereocenters. The third kappa shape index (κ3) is 2.66. The normalized spacial score (nSPS) is 30.4. The Morgan fingerprint density at radius 3 is 2.71 bits per heavy atom. The van der Waals surface area contributed by atoms with Gasteiger partial charge in [0.25, 0.3) is 0 Å². The summed E-state index contributed by atoms with van der Waals surface area (Å²) in [6.07, 6.45) is 0. The van der Waals surface area contributed by atoms with E-state index in [2.05, 4.69) is 22.0 Å². The van der Waals surface area contributed by atoms with Crippen molar-refractivity contribution in [2.45, 2.75) is 45.8 Å². The smallest absolute Gasteiger partial charge is 0.230 e. The van der Waals surface area contributed by atoms with Crippen LogP contribution in [-0.4, -0.2) is 38.9 Å². The van der Waals surface area contributed by atoms with E-state index in [1.807, 2.05) is 20.8 Å². The van der Waals surface area contributed by atoms with Crippen LogP contribution < -0.4 is 0 Å². The average Bonchev–Trinajstić information content (AvgIpc) is 2.73. The quantitative estimate of drug-likeness (QED) is 0.863. The van der Waals surface area contributed by atoms with E-state index < -0.39 is 5.60 Å². The number of likely N-dealkylation sites (tertiary alicyclic amines) is 1. The molecule has 17 heavy (non-hydrogen) atoms. The molecule has 0 bridgehead atoms. The van der Waals surface area contributed by atoms with Crippen molar-refractivity contribution in [2.24, 2.45) is 5.92 Å². The second-order valence-corrected chi connectivity index (χ2v) is 5.62. The minimum absolute atomic E-state index is 0.261. The van der Waals surface area contributed by atoms with Crippen LogP contribution in [0.5, 0.6) is 0 Å². The van der Waals surface area contributed by atoms with Crippen molar-refractivity contribution >= 4 is 0 Å². The highest BCUT2D eigenvalue weighted by Gasteiger charge is 2.38. The van der Waals surface area contributed by atoms with E-state index in [0.29, 0.717) is 24.9 Å². The molecule has 0 aliphatic carbocycles. The van der Waals surface area contributed by atoms with Crippen LogP contribution in [0.4, 0.5) is 0 Å². The first-order chi connectivity index (χ1) is 7.88. The molecule has 0 spiro atoms. The van der Waals surface area contributed by atoms with Gasteiger partial charge in [0, 0.05) is 19.0 Å². The first-order valence-corrected chi connectivity index (χ1v) is 6.15. The fourth-order valence-corrected chi connectivity index (χ4v) is 2.13. The van der Waals surface area contributed by atoms with Gasteiger partial charge in [0.2, 0.25) is 11.8 Å². The summed E-state index contributed by atoms with van der Waals surface area (Å²) < 4.78 is 5.56. The van der Waals surface area contributed by atoms with E-state index in [0.717, 1.165) is 6.54 Å². The lowest BCUT2D eigenvalue weighted by molar-refractivity contribution is 0.0359. The Morgan fingerprint density at radius 2 is 2.24 bits per heavy atom. The average molecular weight is 239 g/mol. The van der Waals surface area contributed by atoms with Gasteiger partial charge in [-0.2, -0.15) is 0 Å². The lowest BCUT2D eigenvalue weighted by atomic mass is 9.95. The summed E-state index contributed by atoms with van der Waals surface area (Å²) in [5.74, 6) is 1.85. The molecule has 2 heterocycles. The van der Waals surface area contributed by atoms with Crippen LogP contribution in [0.25, 0.3) is 0 Å². The third-order valence-electron chi connectivity index (χ3n) is 3.47. The molecule has 0 unspecified atom stereocenters. The molecule has 1 aromatic heterocycles. The highest BCUT2D eigenvalue weighted by atomic mass is 16.4. The van der Waals surface area contributed by atoms with Crippen molar-refractivity contribution in [3.05, 3.63) is 11.8 Å². The van der Waals surface area contributed by atoms with Crippen molar-refractivity contribution in [1.82, 2.24) is 15.1 Å². The summed E-state index contributed by atoms with van der Waals surface area (Å²) in [6.45, 7) is 10.2. The predicted molar refractivity (Wildman–Crippen MR) is 63.5 cm³/mol. The van der Waals surface area contributed by atoms with Crippen molar-refractivity contribution in [1.29, 1.82) is 0 Å². The minimum atomic E-state index is -0.610. The maximum absolute atomic E-state index is 10.1. The molecule has 1 fully saturated rings. The number of rotatable bonds is 3. The Kier molecular flexibility index (Phi) is 3.23. The lowest BCUT2D eigenvalue weighted by Gasteiger charge is -2.20. The van der Waals surface area contributed by atoms with Gasteiger partial charge >= 0.3 is 0 Å². The molecule has 1 saturated heterocycles. The molecule has 0 saturated carbocycles. The van der Waals surface area contributed by atoms with Crippen LogP contribution in [0.2, 0.25) is 0 Å². The third-order valence-corrected chi connectivity index (χ3v) is 3.47. The van der Waals surface area contributed by atoms with Gasteiger partial charge in [0.15, 0.2) is 0 Å². The largest absolute Gasteiger partial charge is 0.424 e. The zero-order valence-electron chi connectivity index (χ0n) is 11.0. The Balaban J connectivity index is 1.98. The molecule has 1 aliphatic rings. The molecule has 2 rings (SSSR count). The summed E-state index contributed by atoms with van der Waals surface area (Å²) in [5, 5.41) is 18.1. The van der Waals surface area contributed by atoms with Crippen molar-refractivity contribution in [3.63, 3.8) is 0 Å². The van der Waals surface area contributed by atoms with Crippen LogP contribution >= 0.6 is 0 Å². The van der Waals surface area contributed by atoms with Gasteiger partial charge in [-0.25, -0.2) is 0 Å². The van der Waals surface area contributed by atoms with Crippen molar-refractivity contribution in [2.75, 3.05) is 13.1 Å². The van der Waals surface area contributed by atoms with Crippen LogP contribution in [0.3, 0.4) is 0 Å². The summed E-state index contributed by atoms with van der Waals surface area (Å²) >= 11 is 0. The SMILES string of the molecule is CC(C)c1nnc(CN2C[C@@H](C)[C@@](C)(O)C2)o1. The van der Waals surface area contributed by atoms with Gasteiger partial charge in [0.05, 0.1) is 12.1 Å². The van der Waals surface area contributed by atoms with Crippen LogP contribution in [-0.2, 0) is 6.54 Å². The Hall–Kier alpha value is -0.940. The summed E-state index contributed by atoms with van der Waals surface area (Å²) in [4.78, 5) is 2.16. The topological polar surface area (TPSA) is 62.4 Å². The van der Waals surface area contributed by atoms with Gasteiger partial charge in [-0.3, -0.25) is 4.90 Å². The van der Waals surface area contributed by atoms with Gasteiger partial charge in [-0.1, -0.05) is 20.8 Å². The number of hydrogen-bond donors (Lipinski definition) is 1. The van der Waals surface area contributed by atoms with Crippen molar-refractivity contribution in [3.8, 4) is 0 Å². The van der Waals surface area contributed by atoms with Gasteiger partial charge < -0.3 is 9.52 Å². The van der Waals surface area contributed by atoms with Gasteiger partial charge in [0.1, 0.15) is 0 Å². The first-order valence-electron chi connectivity index (χ1n) is 6.15. The summed E-state index contributed by atoms with van der Waals surface area (Å²) in [5.41, 5.74) is -0.610. The maximum Gasteiger partial charge on any atom is 0.230 e. The lowest BCUT2D eigenvalue weighted by Crippen LogP contribution is -2.33. The fourth-order valence-electron chi connectivity index (χ4n) is 2.13. The highest BCUT2D eigenvalue weighted by molar-refractivity contribution is 4.94.